The number of aliphatic carboxylic acids is 1. The second-order valence-corrected chi connectivity index (χ2v) is 3.27. The van der Waals surface area contributed by atoms with Gasteiger partial charge in [0.25, 0.3) is 0 Å². The third-order valence-electron chi connectivity index (χ3n) is 1.94. The van der Waals surface area contributed by atoms with Crippen LogP contribution in [0.1, 0.15) is 13.3 Å². The number of nitrogens with one attached hydrogen (secondary N) is 1. The van der Waals surface area contributed by atoms with Crippen LogP contribution >= 0.6 is 0 Å². The molecule has 1 amide bonds. The van der Waals surface area contributed by atoms with Crippen LogP contribution in [0.3, 0.4) is 0 Å². The third-order valence-corrected chi connectivity index (χ3v) is 1.94. The SMILES string of the molecule is C/C=C/CC(NC(=O)Cn1cnnn1)C(=O)O. The van der Waals surface area contributed by atoms with Crippen molar-refractivity contribution >= 4 is 11.9 Å². The van der Waals surface area contributed by atoms with E-state index in [0.29, 0.717) is 0 Å². The first-order chi connectivity index (χ1) is 8.13. The summed E-state index contributed by atoms with van der Waals surface area (Å²) in [4.78, 5) is 22.3. The molecule has 0 aromatic carbocycles. The number of amides is 1. The fraction of sp³-hybridized carbons (Fsp3) is 0.444. The van der Waals surface area contributed by atoms with E-state index in [1.54, 1.807) is 19.1 Å². The van der Waals surface area contributed by atoms with Crippen LogP contribution in [0.5, 0.6) is 0 Å². The number of tetrazole rings is 1. The highest BCUT2D eigenvalue weighted by molar-refractivity contribution is 5.83. The monoisotopic (exact) mass is 239 g/mol. The molecule has 0 spiro atoms. The maximum atomic E-state index is 11.5. The van der Waals surface area contributed by atoms with Crippen LogP contribution in [0.4, 0.5) is 0 Å². The zero-order valence-corrected chi connectivity index (χ0v) is 9.28. The number of hydrogen-bond acceptors (Lipinski definition) is 5. The van der Waals surface area contributed by atoms with Crippen molar-refractivity contribution in [1.82, 2.24) is 25.5 Å². The molecule has 1 aromatic rings. The van der Waals surface area contributed by atoms with Gasteiger partial charge in [0.15, 0.2) is 0 Å². The molecule has 0 aliphatic carbocycles. The molecule has 1 unspecified atom stereocenters. The van der Waals surface area contributed by atoms with Crippen molar-refractivity contribution in [1.29, 1.82) is 0 Å². The summed E-state index contributed by atoms with van der Waals surface area (Å²) >= 11 is 0. The van der Waals surface area contributed by atoms with Crippen LogP contribution in [0.15, 0.2) is 18.5 Å². The Balaban J connectivity index is 2.49. The van der Waals surface area contributed by atoms with Crippen LogP contribution < -0.4 is 5.32 Å². The van der Waals surface area contributed by atoms with E-state index in [1.807, 2.05) is 0 Å². The van der Waals surface area contributed by atoms with E-state index >= 15 is 0 Å². The topological polar surface area (TPSA) is 110 Å². The number of carboxylic acid groups (broad SMARTS) is 1. The van der Waals surface area contributed by atoms with Crippen LogP contribution in [-0.2, 0) is 16.1 Å². The number of carboxylic acids is 1. The van der Waals surface area contributed by atoms with E-state index in [-0.39, 0.29) is 13.0 Å². The van der Waals surface area contributed by atoms with Gasteiger partial charge in [-0.05, 0) is 23.8 Å². The molecule has 1 heterocycles. The summed E-state index contributed by atoms with van der Waals surface area (Å²) in [7, 11) is 0. The lowest BCUT2D eigenvalue weighted by molar-refractivity contribution is -0.141. The lowest BCUT2D eigenvalue weighted by Crippen LogP contribution is -2.42. The number of hydrogen-bond donors (Lipinski definition) is 2. The van der Waals surface area contributed by atoms with Gasteiger partial charge in [0.1, 0.15) is 18.9 Å². The van der Waals surface area contributed by atoms with Crippen molar-refractivity contribution in [2.45, 2.75) is 25.9 Å². The van der Waals surface area contributed by atoms with Gasteiger partial charge >= 0.3 is 5.97 Å². The molecule has 8 heteroatoms. The van der Waals surface area contributed by atoms with Crippen molar-refractivity contribution in [3.05, 3.63) is 18.5 Å². The van der Waals surface area contributed by atoms with Gasteiger partial charge in [0.2, 0.25) is 5.91 Å². The molecule has 1 aromatic heterocycles. The number of allylic oxidation sites excluding steroid dienone is 1. The zero-order chi connectivity index (χ0) is 12.7. The molecule has 0 aliphatic heterocycles. The van der Waals surface area contributed by atoms with E-state index in [0.717, 1.165) is 0 Å². The van der Waals surface area contributed by atoms with Gasteiger partial charge in [-0.15, -0.1) is 5.10 Å². The van der Waals surface area contributed by atoms with Gasteiger partial charge in [-0.1, -0.05) is 12.2 Å². The van der Waals surface area contributed by atoms with E-state index in [1.165, 1.54) is 11.0 Å². The van der Waals surface area contributed by atoms with Crippen molar-refractivity contribution in [3.8, 4) is 0 Å². The Morgan fingerprint density at radius 1 is 1.59 bits per heavy atom. The van der Waals surface area contributed by atoms with Crippen molar-refractivity contribution in [2.75, 3.05) is 0 Å². The molecule has 2 N–H and O–H groups in total. The first-order valence-electron chi connectivity index (χ1n) is 4.97. The van der Waals surface area contributed by atoms with Crippen LogP contribution in [0.2, 0.25) is 0 Å². The molecule has 1 atom stereocenters. The Bertz CT molecular complexity index is 401. The van der Waals surface area contributed by atoms with E-state index < -0.39 is 17.9 Å². The molecule has 0 aliphatic rings. The summed E-state index contributed by atoms with van der Waals surface area (Å²) in [6.45, 7) is 1.68. The number of aromatic nitrogens is 4. The van der Waals surface area contributed by atoms with Gasteiger partial charge < -0.3 is 10.4 Å². The summed E-state index contributed by atoms with van der Waals surface area (Å²) < 4.78 is 1.21. The minimum absolute atomic E-state index is 0.105. The van der Waals surface area contributed by atoms with Crippen LogP contribution in [0.25, 0.3) is 0 Å². The van der Waals surface area contributed by atoms with E-state index in [9.17, 15) is 9.59 Å². The van der Waals surface area contributed by atoms with Gasteiger partial charge in [-0.3, -0.25) is 4.79 Å². The maximum Gasteiger partial charge on any atom is 0.326 e. The molecular weight excluding hydrogens is 226 g/mol. The fourth-order valence-corrected chi connectivity index (χ4v) is 1.13. The minimum Gasteiger partial charge on any atom is -0.480 e. The average molecular weight is 239 g/mol. The first-order valence-corrected chi connectivity index (χ1v) is 4.97. The summed E-state index contributed by atoms with van der Waals surface area (Å²) in [5.74, 6) is -1.53. The lowest BCUT2D eigenvalue weighted by atomic mass is 10.2. The van der Waals surface area contributed by atoms with E-state index in [2.05, 4.69) is 20.8 Å². The number of carbonyl (C=O) groups excluding carboxylic acids is 1. The Labute approximate surface area is 97.3 Å². The summed E-state index contributed by atoms with van der Waals surface area (Å²) in [6.07, 6.45) is 4.92. The highest BCUT2D eigenvalue weighted by Crippen LogP contribution is 1.95. The van der Waals surface area contributed by atoms with Crippen LogP contribution in [-0.4, -0.2) is 43.2 Å². The molecule has 1 rings (SSSR count). The van der Waals surface area contributed by atoms with Gasteiger partial charge in [-0.2, -0.15) is 0 Å². The average Bonchev–Trinajstić information content (AvgIpc) is 2.76. The van der Waals surface area contributed by atoms with Gasteiger partial charge in [0.05, 0.1) is 0 Å². The van der Waals surface area contributed by atoms with Gasteiger partial charge in [-0.25, -0.2) is 9.48 Å². The summed E-state index contributed by atoms with van der Waals surface area (Å²) in [6, 6.07) is -0.935. The maximum absolute atomic E-state index is 11.5. The largest absolute Gasteiger partial charge is 0.480 e. The van der Waals surface area contributed by atoms with E-state index in [4.69, 9.17) is 5.11 Å². The van der Waals surface area contributed by atoms with Gasteiger partial charge in [0, 0.05) is 0 Å². The van der Waals surface area contributed by atoms with Crippen molar-refractivity contribution < 1.29 is 14.7 Å². The number of nitrogens with zero attached hydrogens (tertiary/aromatic N) is 4. The molecule has 0 radical (unpaired) electrons. The second kappa shape index (κ2) is 6.36. The second-order valence-electron chi connectivity index (χ2n) is 3.27. The molecule has 0 bridgehead atoms. The predicted octanol–water partition coefficient (Wildman–Crippen LogP) is -0.791. The molecule has 0 saturated carbocycles. The fourth-order valence-electron chi connectivity index (χ4n) is 1.13. The Morgan fingerprint density at radius 3 is 2.88 bits per heavy atom. The Morgan fingerprint density at radius 2 is 2.35 bits per heavy atom. The number of carbonyl (C=O) groups is 2. The Kier molecular flexibility index (Phi) is 4.79. The molecular formula is C9H13N5O3. The summed E-state index contributed by atoms with van der Waals surface area (Å²) in [5.41, 5.74) is 0. The molecule has 8 nitrogen and oxygen atoms in total. The quantitative estimate of drug-likeness (QED) is 0.629. The van der Waals surface area contributed by atoms with Crippen molar-refractivity contribution in [3.63, 3.8) is 0 Å². The zero-order valence-electron chi connectivity index (χ0n) is 9.28. The third kappa shape index (κ3) is 4.41. The van der Waals surface area contributed by atoms with Crippen molar-refractivity contribution in [2.24, 2.45) is 0 Å². The smallest absolute Gasteiger partial charge is 0.326 e. The first kappa shape index (κ1) is 12.8. The standard InChI is InChI=1S/C9H13N5O3/c1-2-3-4-7(9(16)17)11-8(15)5-14-6-10-12-13-14/h2-3,6-7H,4-5H2,1H3,(H,11,15)(H,16,17)/b3-2+. The normalized spacial score (nSPS) is 12.5. The number of rotatable bonds is 6. The molecule has 0 saturated heterocycles. The molecule has 0 fully saturated rings. The highest BCUT2D eigenvalue weighted by atomic mass is 16.4. The lowest BCUT2D eigenvalue weighted by Gasteiger charge is -2.12. The summed E-state index contributed by atoms with van der Waals surface area (Å²) in [5, 5.41) is 21.5. The molecule has 17 heavy (non-hydrogen) atoms. The Hall–Kier alpha value is -2.25. The van der Waals surface area contributed by atoms with Crippen LogP contribution in [0, 0.1) is 0 Å². The highest BCUT2D eigenvalue weighted by Gasteiger charge is 2.18. The molecule has 92 valence electrons. The predicted molar refractivity (Wildman–Crippen MR) is 56.8 cm³/mol. The minimum atomic E-state index is -1.08.